The van der Waals surface area contributed by atoms with Crippen molar-refractivity contribution >= 4 is 33.4 Å². The van der Waals surface area contributed by atoms with Gasteiger partial charge >= 0.3 is 0 Å². The molecule has 0 atom stereocenters. The van der Waals surface area contributed by atoms with Gasteiger partial charge in [-0.25, -0.2) is 8.42 Å². The fourth-order valence-electron chi connectivity index (χ4n) is 3.34. The Morgan fingerprint density at radius 1 is 0.944 bits per heavy atom. The van der Waals surface area contributed by atoms with E-state index in [4.69, 9.17) is 14.2 Å². The number of amides is 1. The van der Waals surface area contributed by atoms with Crippen molar-refractivity contribution in [1.82, 2.24) is 5.32 Å². The first-order valence-electron chi connectivity index (χ1n) is 11.3. The summed E-state index contributed by atoms with van der Waals surface area (Å²) in [5.41, 5.74) is 0.354. The van der Waals surface area contributed by atoms with Gasteiger partial charge in [-0.3, -0.25) is 9.10 Å². The summed E-state index contributed by atoms with van der Waals surface area (Å²) >= 11 is 1.52. The van der Waals surface area contributed by atoms with Crippen LogP contribution in [0.4, 0.5) is 5.69 Å². The van der Waals surface area contributed by atoms with E-state index < -0.39 is 22.5 Å². The van der Waals surface area contributed by atoms with E-state index in [-0.39, 0.29) is 18.0 Å². The van der Waals surface area contributed by atoms with Crippen LogP contribution in [-0.2, 0) is 14.8 Å². The van der Waals surface area contributed by atoms with E-state index in [1.54, 1.807) is 67.8 Å². The monoisotopic (exact) mass is 530 g/mol. The zero-order chi connectivity index (χ0) is 26.0. The van der Waals surface area contributed by atoms with Crippen LogP contribution in [0.2, 0.25) is 0 Å². The second-order valence-corrected chi connectivity index (χ2v) is 10.2. The van der Waals surface area contributed by atoms with Crippen LogP contribution in [0, 0.1) is 0 Å². The molecule has 192 valence electrons. The highest BCUT2D eigenvalue weighted by molar-refractivity contribution is 7.98. The Labute approximate surface area is 216 Å². The molecular formula is C26H30N2O6S2. The summed E-state index contributed by atoms with van der Waals surface area (Å²) in [6, 6.07) is 20.4. The summed E-state index contributed by atoms with van der Waals surface area (Å²) in [4.78, 5) is 13.8. The Morgan fingerprint density at radius 2 is 1.61 bits per heavy atom. The first kappa shape index (κ1) is 27.2. The summed E-state index contributed by atoms with van der Waals surface area (Å²) in [5.74, 6) is 1.29. The highest BCUT2D eigenvalue weighted by Gasteiger charge is 2.27. The van der Waals surface area contributed by atoms with E-state index in [0.29, 0.717) is 29.5 Å². The summed E-state index contributed by atoms with van der Waals surface area (Å²) in [5, 5.41) is 2.73. The summed E-state index contributed by atoms with van der Waals surface area (Å²) < 4.78 is 44.5. The lowest BCUT2D eigenvalue weighted by Gasteiger charge is -2.24. The molecule has 0 saturated carbocycles. The number of methoxy groups -OCH3 is 1. The van der Waals surface area contributed by atoms with Crippen LogP contribution < -0.4 is 23.8 Å². The summed E-state index contributed by atoms with van der Waals surface area (Å²) in [6.07, 6.45) is 1.91. The largest absolute Gasteiger partial charge is 0.494 e. The van der Waals surface area contributed by atoms with Crippen LogP contribution in [0.5, 0.6) is 17.2 Å². The Kier molecular flexibility index (Phi) is 9.89. The number of benzene rings is 3. The van der Waals surface area contributed by atoms with Crippen molar-refractivity contribution in [2.45, 2.75) is 16.7 Å². The smallest absolute Gasteiger partial charge is 0.264 e. The Hall–Kier alpha value is -3.37. The van der Waals surface area contributed by atoms with Crippen LogP contribution >= 0.6 is 11.8 Å². The minimum atomic E-state index is -4.01. The van der Waals surface area contributed by atoms with E-state index in [1.165, 1.54) is 11.8 Å². The first-order chi connectivity index (χ1) is 17.4. The molecule has 0 heterocycles. The SMILES string of the molecule is CCOc1ccc(N(CC(=O)NCCOc2ccccc2OC)S(=O)(=O)c2ccc(SC)cc2)cc1. The van der Waals surface area contributed by atoms with Crippen molar-refractivity contribution in [1.29, 1.82) is 0 Å². The van der Waals surface area contributed by atoms with Gasteiger partial charge in [-0.15, -0.1) is 11.8 Å². The number of anilines is 1. The second-order valence-electron chi connectivity index (χ2n) is 7.46. The molecule has 3 aromatic carbocycles. The third-order valence-corrected chi connectivity index (χ3v) is 7.65. The Bertz CT molecular complexity index is 1230. The van der Waals surface area contributed by atoms with Gasteiger partial charge in [0.15, 0.2) is 11.5 Å². The Morgan fingerprint density at radius 3 is 2.22 bits per heavy atom. The van der Waals surface area contributed by atoms with Crippen LogP contribution in [-0.4, -0.2) is 54.0 Å². The fourth-order valence-corrected chi connectivity index (χ4v) is 5.17. The number of hydrogen-bond acceptors (Lipinski definition) is 7. The topological polar surface area (TPSA) is 94.2 Å². The van der Waals surface area contributed by atoms with Gasteiger partial charge in [0.2, 0.25) is 5.91 Å². The molecule has 3 aromatic rings. The molecule has 0 unspecified atom stereocenters. The van der Waals surface area contributed by atoms with Gasteiger partial charge in [0.25, 0.3) is 10.0 Å². The van der Waals surface area contributed by atoms with Crippen molar-refractivity contribution in [3.8, 4) is 17.2 Å². The molecule has 0 saturated heterocycles. The molecule has 1 amide bonds. The highest BCUT2D eigenvalue weighted by atomic mass is 32.2. The number of rotatable bonds is 13. The molecule has 0 aliphatic rings. The number of thioether (sulfide) groups is 1. The van der Waals surface area contributed by atoms with Gasteiger partial charge in [0, 0.05) is 4.90 Å². The fraction of sp³-hybridized carbons (Fsp3) is 0.269. The third kappa shape index (κ3) is 7.08. The number of nitrogens with one attached hydrogen (secondary N) is 1. The molecule has 36 heavy (non-hydrogen) atoms. The number of carbonyl (C=O) groups excluding carboxylic acids is 1. The number of carbonyl (C=O) groups is 1. The molecule has 0 bridgehead atoms. The number of sulfonamides is 1. The average molecular weight is 531 g/mol. The molecule has 0 aromatic heterocycles. The lowest BCUT2D eigenvalue weighted by atomic mass is 10.3. The molecular weight excluding hydrogens is 500 g/mol. The Balaban J connectivity index is 1.73. The number of para-hydroxylation sites is 2. The van der Waals surface area contributed by atoms with Crippen molar-refractivity contribution in [2.24, 2.45) is 0 Å². The van der Waals surface area contributed by atoms with Gasteiger partial charge in [-0.1, -0.05) is 12.1 Å². The van der Waals surface area contributed by atoms with Crippen molar-refractivity contribution in [2.75, 3.05) is 44.0 Å². The highest BCUT2D eigenvalue weighted by Crippen LogP contribution is 2.27. The standard InChI is InChI=1S/C26H30N2O6S2/c1-4-33-21-11-9-20(10-12-21)28(36(30,31)23-15-13-22(35-3)14-16-23)19-26(29)27-17-18-34-25-8-6-5-7-24(25)32-2/h5-16H,4,17-19H2,1-3H3,(H,27,29). The molecule has 0 aliphatic carbocycles. The quantitative estimate of drug-likeness (QED) is 0.261. The molecule has 0 radical (unpaired) electrons. The first-order valence-corrected chi connectivity index (χ1v) is 14.0. The van der Waals surface area contributed by atoms with Crippen LogP contribution in [0.1, 0.15) is 6.92 Å². The van der Waals surface area contributed by atoms with Gasteiger partial charge in [0.1, 0.15) is 18.9 Å². The van der Waals surface area contributed by atoms with E-state index in [2.05, 4.69) is 5.32 Å². The molecule has 8 nitrogen and oxygen atoms in total. The summed E-state index contributed by atoms with van der Waals surface area (Å²) in [6.45, 7) is 2.34. The maximum absolute atomic E-state index is 13.5. The van der Waals surface area contributed by atoms with Crippen molar-refractivity contribution in [3.63, 3.8) is 0 Å². The minimum absolute atomic E-state index is 0.0986. The van der Waals surface area contributed by atoms with Crippen LogP contribution in [0.25, 0.3) is 0 Å². The van der Waals surface area contributed by atoms with Crippen LogP contribution in [0.3, 0.4) is 0 Å². The maximum atomic E-state index is 13.5. The number of hydrogen-bond donors (Lipinski definition) is 1. The predicted octanol–water partition coefficient (Wildman–Crippen LogP) is 4.21. The molecule has 0 fully saturated rings. The average Bonchev–Trinajstić information content (AvgIpc) is 2.90. The lowest BCUT2D eigenvalue weighted by Crippen LogP contribution is -2.41. The van der Waals surface area contributed by atoms with Crippen molar-refractivity contribution in [3.05, 3.63) is 72.8 Å². The van der Waals surface area contributed by atoms with E-state index in [0.717, 1.165) is 9.20 Å². The molecule has 3 rings (SSSR count). The normalized spacial score (nSPS) is 11.0. The third-order valence-electron chi connectivity index (χ3n) is 5.12. The van der Waals surface area contributed by atoms with E-state index >= 15 is 0 Å². The van der Waals surface area contributed by atoms with Gasteiger partial charge in [0.05, 0.1) is 30.8 Å². The lowest BCUT2D eigenvalue weighted by molar-refractivity contribution is -0.119. The van der Waals surface area contributed by atoms with Crippen LogP contribution in [0.15, 0.2) is 82.6 Å². The second kappa shape index (κ2) is 13.1. The van der Waals surface area contributed by atoms with Gasteiger partial charge in [-0.05, 0) is 73.8 Å². The molecule has 1 N–H and O–H groups in total. The molecule has 10 heteroatoms. The van der Waals surface area contributed by atoms with Crippen molar-refractivity contribution < 1.29 is 27.4 Å². The van der Waals surface area contributed by atoms with Gasteiger partial charge in [-0.2, -0.15) is 0 Å². The summed E-state index contributed by atoms with van der Waals surface area (Å²) in [7, 11) is -2.46. The molecule has 0 spiro atoms. The number of ether oxygens (including phenoxy) is 3. The minimum Gasteiger partial charge on any atom is -0.494 e. The maximum Gasteiger partial charge on any atom is 0.264 e. The predicted molar refractivity (Wildman–Crippen MR) is 142 cm³/mol. The zero-order valence-corrected chi connectivity index (χ0v) is 22.1. The van der Waals surface area contributed by atoms with E-state index in [9.17, 15) is 13.2 Å². The van der Waals surface area contributed by atoms with Gasteiger partial charge < -0.3 is 19.5 Å². The van der Waals surface area contributed by atoms with E-state index in [1.807, 2.05) is 25.3 Å². The molecule has 0 aliphatic heterocycles. The number of nitrogens with zero attached hydrogens (tertiary/aromatic N) is 1. The zero-order valence-electron chi connectivity index (χ0n) is 20.5.